The molecule has 0 fully saturated rings. The summed E-state index contributed by atoms with van der Waals surface area (Å²) in [5.74, 6) is 1.49. The number of ether oxygens (including phenoxy) is 2. The van der Waals surface area contributed by atoms with E-state index >= 15 is 0 Å². The number of fused-ring (bicyclic) bond motifs is 1. The van der Waals surface area contributed by atoms with E-state index in [0.717, 1.165) is 11.1 Å². The summed E-state index contributed by atoms with van der Waals surface area (Å²) in [5.41, 5.74) is 2.10. The fourth-order valence-corrected chi connectivity index (χ4v) is 3.06. The van der Waals surface area contributed by atoms with Crippen molar-refractivity contribution in [1.82, 2.24) is 15.2 Å². The number of hydrogen-bond acceptors (Lipinski definition) is 5. The molecule has 0 bridgehead atoms. The molecule has 6 nitrogen and oxygen atoms in total. The van der Waals surface area contributed by atoms with Crippen molar-refractivity contribution in [3.63, 3.8) is 0 Å². The van der Waals surface area contributed by atoms with Crippen molar-refractivity contribution in [2.75, 3.05) is 0 Å². The first kappa shape index (κ1) is 18.3. The van der Waals surface area contributed by atoms with E-state index in [1.807, 2.05) is 12.1 Å². The molecule has 4 aromatic rings. The van der Waals surface area contributed by atoms with E-state index in [4.69, 9.17) is 38.1 Å². The van der Waals surface area contributed by atoms with Crippen LogP contribution in [0.25, 0.3) is 11.0 Å². The number of aromatic amines is 1. The van der Waals surface area contributed by atoms with Crippen LogP contribution >= 0.6 is 23.2 Å². The largest absolute Gasteiger partial charge is 0.487 e. The van der Waals surface area contributed by atoms with Crippen molar-refractivity contribution < 1.29 is 9.47 Å². The summed E-state index contributed by atoms with van der Waals surface area (Å²) in [6.07, 6.45) is 2.89. The topological polar surface area (TPSA) is 83.9 Å². The van der Waals surface area contributed by atoms with Crippen molar-refractivity contribution in [2.24, 2.45) is 0 Å². The van der Waals surface area contributed by atoms with Crippen molar-refractivity contribution in [3.8, 4) is 17.2 Å². The van der Waals surface area contributed by atoms with Gasteiger partial charge in [0.1, 0.15) is 23.9 Å². The molecule has 0 saturated carbocycles. The molecule has 0 aliphatic carbocycles. The van der Waals surface area contributed by atoms with Gasteiger partial charge in [-0.05, 0) is 48.0 Å². The van der Waals surface area contributed by atoms with Crippen LogP contribution in [0.5, 0.6) is 17.2 Å². The summed E-state index contributed by atoms with van der Waals surface area (Å²) in [6, 6.07) is 14.0. The first-order valence-electron chi connectivity index (χ1n) is 8.31. The van der Waals surface area contributed by atoms with Gasteiger partial charge in [0.25, 0.3) is 0 Å². The second kappa shape index (κ2) is 7.88. The second-order valence-electron chi connectivity index (χ2n) is 5.92. The fraction of sp³-hybridized carbons (Fsp3) is 0.0500. The molecule has 2 heterocycles. The number of aromatic nitrogens is 3. The quantitative estimate of drug-likeness (QED) is 0.401. The number of hydrogen-bond donors (Lipinski definition) is 2. The Hall–Kier alpha value is -3.09. The van der Waals surface area contributed by atoms with E-state index in [9.17, 15) is 0 Å². The summed E-state index contributed by atoms with van der Waals surface area (Å²) in [7, 11) is 0. The van der Waals surface area contributed by atoms with Gasteiger partial charge in [0.2, 0.25) is 0 Å². The molecule has 0 atom stereocenters. The van der Waals surface area contributed by atoms with E-state index in [0.29, 0.717) is 45.1 Å². The van der Waals surface area contributed by atoms with Crippen LogP contribution in [0.3, 0.4) is 0 Å². The van der Waals surface area contributed by atoms with Crippen LogP contribution in [-0.2, 0) is 6.61 Å². The molecule has 0 unspecified atom stereocenters. The third kappa shape index (κ3) is 3.93. The predicted molar refractivity (Wildman–Crippen MR) is 109 cm³/mol. The maximum atomic E-state index is 7.38. The molecule has 0 aliphatic heterocycles. The number of rotatable bonds is 6. The number of nitrogens with one attached hydrogen (secondary N) is 2. The molecule has 0 amide bonds. The second-order valence-corrected chi connectivity index (χ2v) is 6.77. The number of nitrogens with zero attached hydrogens (tertiary/aromatic N) is 2. The molecular formula is C20H14Cl2N4O2. The Bertz CT molecular complexity index is 1160. The molecule has 140 valence electrons. The Morgan fingerprint density at radius 3 is 2.82 bits per heavy atom. The SMILES string of the molecule is N=Cc1cc(Cl)cc(Oc2cc(OCc3[nH]nc4ncccc34)ccc2Cl)c1. The maximum Gasteiger partial charge on any atom is 0.181 e. The van der Waals surface area contributed by atoms with Gasteiger partial charge in [-0.25, -0.2) is 4.98 Å². The smallest absolute Gasteiger partial charge is 0.181 e. The molecule has 8 heteroatoms. The van der Waals surface area contributed by atoms with Crippen LogP contribution in [0.1, 0.15) is 11.3 Å². The van der Waals surface area contributed by atoms with Gasteiger partial charge < -0.3 is 14.9 Å². The minimum Gasteiger partial charge on any atom is -0.487 e. The van der Waals surface area contributed by atoms with E-state index in [1.165, 1.54) is 6.21 Å². The van der Waals surface area contributed by atoms with Gasteiger partial charge in [-0.2, -0.15) is 5.10 Å². The minimum absolute atomic E-state index is 0.290. The van der Waals surface area contributed by atoms with E-state index in [-0.39, 0.29) is 0 Å². The number of benzene rings is 2. The zero-order chi connectivity index (χ0) is 19.5. The zero-order valence-electron chi connectivity index (χ0n) is 14.4. The highest BCUT2D eigenvalue weighted by Gasteiger charge is 2.10. The lowest BCUT2D eigenvalue weighted by Gasteiger charge is -2.11. The van der Waals surface area contributed by atoms with Crippen LogP contribution in [0.2, 0.25) is 10.0 Å². The molecular weight excluding hydrogens is 399 g/mol. The lowest BCUT2D eigenvalue weighted by Crippen LogP contribution is -1.97. The van der Waals surface area contributed by atoms with Gasteiger partial charge in [-0.15, -0.1) is 0 Å². The summed E-state index contributed by atoms with van der Waals surface area (Å²) in [6.45, 7) is 0.290. The van der Waals surface area contributed by atoms with Crippen molar-refractivity contribution in [3.05, 3.63) is 76.0 Å². The highest BCUT2D eigenvalue weighted by Crippen LogP contribution is 2.34. The van der Waals surface area contributed by atoms with Gasteiger partial charge >= 0.3 is 0 Å². The van der Waals surface area contributed by atoms with Crippen LogP contribution in [0.15, 0.2) is 54.7 Å². The Morgan fingerprint density at radius 2 is 1.96 bits per heavy atom. The Kier molecular flexibility index (Phi) is 5.14. The lowest BCUT2D eigenvalue weighted by molar-refractivity contribution is 0.301. The first-order valence-corrected chi connectivity index (χ1v) is 9.07. The van der Waals surface area contributed by atoms with E-state index < -0.39 is 0 Å². The van der Waals surface area contributed by atoms with Crippen LogP contribution in [-0.4, -0.2) is 21.4 Å². The lowest BCUT2D eigenvalue weighted by atomic mass is 10.2. The molecule has 0 radical (unpaired) electrons. The molecule has 2 aromatic heterocycles. The standard InChI is InChI=1S/C20H14Cl2N4O2/c21-13-6-12(10-23)7-15(8-13)28-19-9-14(3-4-17(19)22)27-11-18-16-2-1-5-24-20(16)26-25-18/h1-10,23H,11H2,(H,24,25,26). The van der Waals surface area contributed by atoms with Crippen molar-refractivity contribution >= 4 is 40.4 Å². The van der Waals surface area contributed by atoms with Crippen LogP contribution in [0.4, 0.5) is 0 Å². The molecule has 0 spiro atoms. The van der Waals surface area contributed by atoms with Gasteiger partial charge in [0, 0.05) is 28.9 Å². The maximum absolute atomic E-state index is 7.38. The normalized spacial score (nSPS) is 10.8. The summed E-state index contributed by atoms with van der Waals surface area (Å²) in [4.78, 5) is 4.19. The van der Waals surface area contributed by atoms with Crippen molar-refractivity contribution in [1.29, 1.82) is 5.41 Å². The van der Waals surface area contributed by atoms with E-state index in [2.05, 4.69) is 15.2 Å². The van der Waals surface area contributed by atoms with Crippen LogP contribution in [0, 0.1) is 5.41 Å². The molecule has 2 N–H and O–H groups in total. The highest BCUT2D eigenvalue weighted by atomic mass is 35.5. The van der Waals surface area contributed by atoms with E-state index in [1.54, 1.807) is 42.6 Å². The van der Waals surface area contributed by atoms with Gasteiger partial charge in [-0.3, -0.25) is 5.10 Å². The monoisotopic (exact) mass is 412 g/mol. The molecule has 2 aromatic carbocycles. The average molecular weight is 413 g/mol. The number of halogens is 2. The molecule has 28 heavy (non-hydrogen) atoms. The number of pyridine rings is 1. The Balaban J connectivity index is 1.54. The molecule has 4 rings (SSSR count). The first-order chi connectivity index (χ1) is 13.6. The van der Waals surface area contributed by atoms with Gasteiger partial charge in [0.05, 0.1) is 10.7 Å². The number of H-pyrrole nitrogens is 1. The molecule has 0 saturated heterocycles. The van der Waals surface area contributed by atoms with Gasteiger partial charge in [0.15, 0.2) is 5.65 Å². The molecule has 0 aliphatic rings. The average Bonchev–Trinajstić information content (AvgIpc) is 3.11. The van der Waals surface area contributed by atoms with Gasteiger partial charge in [-0.1, -0.05) is 23.2 Å². The predicted octanol–water partition coefficient (Wildman–Crippen LogP) is 5.63. The Labute approximate surface area is 170 Å². The fourth-order valence-electron chi connectivity index (χ4n) is 2.67. The highest BCUT2D eigenvalue weighted by molar-refractivity contribution is 6.32. The van der Waals surface area contributed by atoms with Crippen LogP contribution < -0.4 is 9.47 Å². The minimum atomic E-state index is 0.290. The Morgan fingerprint density at radius 1 is 1.07 bits per heavy atom. The third-order valence-electron chi connectivity index (χ3n) is 3.98. The van der Waals surface area contributed by atoms with Crippen molar-refractivity contribution in [2.45, 2.75) is 6.61 Å². The third-order valence-corrected chi connectivity index (χ3v) is 4.51. The summed E-state index contributed by atoms with van der Waals surface area (Å²) >= 11 is 12.3. The zero-order valence-corrected chi connectivity index (χ0v) is 16.0. The summed E-state index contributed by atoms with van der Waals surface area (Å²) < 4.78 is 11.7. The summed E-state index contributed by atoms with van der Waals surface area (Å²) in [5, 5.41) is 16.3.